The summed E-state index contributed by atoms with van der Waals surface area (Å²) in [6, 6.07) is 14.4. The number of benzene rings is 2. The van der Waals surface area contributed by atoms with Crippen LogP contribution in [0.5, 0.6) is 0 Å². The fourth-order valence-electron chi connectivity index (χ4n) is 3.83. The highest BCUT2D eigenvalue weighted by Crippen LogP contribution is 2.42. The molecule has 0 spiro atoms. The van der Waals surface area contributed by atoms with Crippen LogP contribution in [0.4, 0.5) is 5.69 Å². The Morgan fingerprint density at radius 2 is 1.79 bits per heavy atom. The van der Waals surface area contributed by atoms with Crippen LogP contribution in [-0.2, 0) is 15.1 Å². The fourth-order valence-corrected chi connectivity index (χ4v) is 3.83. The predicted octanol–water partition coefficient (Wildman–Crippen LogP) is 2.09. The maximum absolute atomic E-state index is 13.2. The van der Waals surface area contributed by atoms with Crippen molar-refractivity contribution in [3.05, 3.63) is 65.2 Å². The molecule has 0 saturated carbocycles. The number of para-hydroxylation sites is 1. The number of aryl methyl sites for hydroxylation is 1. The molecule has 0 aromatic heterocycles. The molecular formula is C22H24N2O4. The number of Topliss-reactive ketones (excluding diaryl/α,β-unsaturated/α-hetero) is 1. The van der Waals surface area contributed by atoms with Gasteiger partial charge in [-0.2, -0.15) is 0 Å². The van der Waals surface area contributed by atoms with Gasteiger partial charge in [-0.05, 0) is 13.0 Å². The van der Waals surface area contributed by atoms with Gasteiger partial charge in [-0.3, -0.25) is 19.4 Å². The average molecular weight is 380 g/mol. The van der Waals surface area contributed by atoms with Gasteiger partial charge in [0.2, 0.25) is 0 Å². The molecule has 2 aliphatic rings. The zero-order valence-electron chi connectivity index (χ0n) is 15.9. The minimum absolute atomic E-state index is 0.251. The van der Waals surface area contributed by atoms with E-state index in [1.54, 1.807) is 29.2 Å². The molecule has 1 fully saturated rings. The van der Waals surface area contributed by atoms with Gasteiger partial charge in [-0.15, -0.1) is 0 Å². The number of morpholine rings is 1. The van der Waals surface area contributed by atoms with Crippen molar-refractivity contribution in [2.75, 3.05) is 37.9 Å². The normalized spacial score (nSPS) is 22.4. The van der Waals surface area contributed by atoms with Crippen molar-refractivity contribution in [1.29, 1.82) is 0 Å². The highest BCUT2D eigenvalue weighted by Gasteiger charge is 2.51. The van der Waals surface area contributed by atoms with E-state index in [0.717, 1.165) is 18.7 Å². The highest BCUT2D eigenvalue weighted by molar-refractivity contribution is 6.10. The summed E-state index contributed by atoms with van der Waals surface area (Å²) in [4.78, 5) is 29.8. The van der Waals surface area contributed by atoms with Gasteiger partial charge < -0.3 is 9.84 Å². The third-order valence-electron chi connectivity index (χ3n) is 5.47. The van der Waals surface area contributed by atoms with Crippen LogP contribution in [0, 0.1) is 6.92 Å². The van der Waals surface area contributed by atoms with Crippen LogP contribution >= 0.6 is 0 Å². The smallest absolute Gasteiger partial charge is 0.265 e. The summed E-state index contributed by atoms with van der Waals surface area (Å²) in [5.74, 6) is -0.695. The Kier molecular flexibility index (Phi) is 5.02. The number of ketones is 1. The van der Waals surface area contributed by atoms with Crippen LogP contribution in [-0.4, -0.2) is 54.7 Å². The number of fused-ring (bicyclic) bond motifs is 1. The van der Waals surface area contributed by atoms with Crippen LogP contribution in [0.25, 0.3) is 0 Å². The van der Waals surface area contributed by atoms with Crippen LogP contribution in [0.15, 0.2) is 48.5 Å². The van der Waals surface area contributed by atoms with Gasteiger partial charge >= 0.3 is 0 Å². The zero-order chi connectivity index (χ0) is 19.7. The first kappa shape index (κ1) is 18.8. The molecule has 6 nitrogen and oxygen atoms in total. The van der Waals surface area contributed by atoms with Gasteiger partial charge in [0.1, 0.15) is 0 Å². The Balaban J connectivity index is 1.61. The highest BCUT2D eigenvalue weighted by atomic mass is 16.5. The summed E-state index contributed by atoms with van der Waals surface area (Å²) < 4.78 is 5.37. The predicted molar refractivity (Wildman–Crippen MR) is 105 cm³/mol. The van der Waals surface area contributed by atoms with Crippen LogP contribution in [0.1, 0.15) is 27.9 Å². The number of anilines is 1. The topological polar surface area (TPSA) is 70.1 Å². The molecule has 2 aromatic rings. The Hall–Kier alpha value is -2.54. The van der Waals surface area contributed by atoms with E-state index in [1.807, 2.05) is 31.2 Å². The lowest BCUT2D eigenvalue weighted by Gasteiger charge is -2.31. The number of hydrogen-bond donors (Lipinski definition) is 1. The molecular weight excluding hydrogens is 356 g/mol. The van der Waals surface area contributed by atoms with Crippen LogP contribution in [0.2, 0.25) is 0 Å². The second-order valence-corrected chi connectivity index (χ2v) is 7.45. The summed E-state index contributed by atoms with van der Waals surface area (Å²) in [6.45, 7) is 5.03. The maximum atomic E-state index is 13.2. The SMILES string of the molecule is Cc1ccc(C(=O)C[C@@]2(O)C(=O)N(CN3CCOCC3)c3ccccc32)cc1. The van der Waals surface area contributed by atoms with E-state index < -0.39 is 11.5 Å². The van der Waals surface area contributed by atoms with Crippen LogP contribution in [0.3, 0.4) is 0 Å². The average Bonchev–Trinajstić information content (AvgIpc) is 2.91. The molecule has 1 atom stereocenters. The number of carbonyl (C=O) groups is 2. The molecule has 0 radical (unpaired) electrons. The van der Waals surface area contributed by atoms with E-state index in [9.17, 15) is 14.7 Å². The lowest BCUT2D eigenvalue weighted by atomic mass is 9.88. The first-order chi connectivity index (χ1) is 13.5. The first-order valence-corrected chi connectivity index (χ1v) is 9.53. The van der Waals surface area contributed by atoms with E-state index in [1.165, 1.54) is 0 Å². The monoisotopic (exact) mass is 380 g/mol. The number of carbonyl (C=O) groups excluding carboxylic acids is 2. The zero-order valence-corrected chi connectivity index (χ0v) is 15.9. The molecule has 28 heavy (non-hydrogen) atoms. The quantitative estimate of drug-likeness (QED) is 0.805. The molecule has 6 heteroatoms. The lowest BCUT2D eigenvalue weighted by Crippen LogP contribution is -2.49. The van der Waals surface area contributed by atoms with Crippen molar-refractivity contribution in [3.8, 4) is 0 Å². The minimum atomic E-state index is -1.84. The summed E-state index contributed by atoms with van der Waals surface area (Å²) in [5.41, 5.74) is 0.863. The first-order valence-electron chi connectivity index (χ1n) is 9.53. The molecule has 1 N–H and O–H groups in total. The van der Waals surface area contributed by atoms with Gasteiger partial charge in [0.05, 0.1) is 32.0 Å². The third-order valence-corrected chi connectivity index (χ3v) is 5.47. The van der Waals surface area contributed by atoms with Crippen LogP contribution < -0.4 is 4.90 Å². The Morgan fingerprint density at radius 1 is 1.11 bits per heavy atom. The number of rotatable bonds is 5. The van der Waals surface area contributed by atoms with Crippen molar-refractivity contribution >= 4 is 17.4 Å². The van der Waals surface area contributed by atoms with Crippen molar-refractivity contribution in [2.24, 2.45) is 0 Å². The molecule has 2 aliphatic heterocycles. The maximum Gasteiger partial charge on any atom is 0.265 e. The Labute approximate surface area is 164 Å². The Morgan fingerprint density at radius 3 is 2.50 bits per heavy atom. The fraction of sp³-hybridized carbons (Fsp3) is 0.364. The molecule has 1 amide bonds. The van der Waals surface area contributed by atoms with E-state index >= 15 is 0 Å². The van der Waals surface area contributed by atoms with Gasteiger partial charge in [0, 0.05) is 24.2 Å². The second kappa shape index (κ2) is 7.47. The lowest BCUT2D eigenvalue weighted by molar-refractivity contribution is -0.136. The number of aliphatic hydroxyl groups is 1. The summed E-state index contributed by atoms with van der Waals surface area (Å²) in [5, 5.41) is 11.3. The van der Waals surface area contributed by atoms with E-state index in [4.69, 9.17) is 4.74 Å². The molecule has 1 saturated heterocycles. The van der Waals surface area contributed by atoms with Gasteiger partial charge in [-0.1, -0.05) is 48.0 Å². The van der Waals surface area contributed by atoms with Gasteiger partial charge in [0.25, 0.3) is 5.91 Å². The standard InChI is InChI=1S/C22H24N2O4/c1-16-6-8-17(9-7-16)20(25)14-22(27)18-4-2-3-5-19(18)24(21(22)26)15-23-10-12-28-13-11-23/h2-9,27H,10-15H2,1H3/t22-/m0/s1. The number of amides is 1. The molecule has 4 rings (SSSR count). The van der Waals surface area contributed by atoms with E-state index in [2.05, 4.69) is 4.90 Å². The number of hydrogen-bond acceptors (Lipinski definition) is 5. The van der Waals surface area contributed by atoms with Crippen molar-refractivity contribution in [2.45, 2.75) is 18.9 Å². The van der Waals surface area contributed by atoms with Crippen molar-refractivity contribution < 1.29 is 19.4 Å². The summed E-state index contributed by atoms with van der Waals surface area (Å²) in [6.07, 6.45) is -0.272. The second-order valence-electron chi connectivity index (χ2n) is 7.45. The van der Waals surface area contributed by atoms with Gasteiger partial charge in [-0.25, -0.2) is 0 Å². The summed E-state index contributed by atoms with van der Waals surface area (Å²) >= 11 is 0. The molecule has 2 heterocycles. The molecule has 2 aromatic carbocycles. The number of ether oxygens (including phenoxy) is 1. The van der Waals surface area contributed by atoms with Gasteiger partial charge in [0.15, 0.2) is 11.4 Å². The van der Waals surface area contributed by atoms with Crippen molar-refractivity contribution in [1.82, 2.24) is 4.90 Å². The van der Waals surface area contributed by atoms with E-state index in [0.29, 0.717) is 36.7 Å². The van der Waals surface area contributed by atoms with Crippen molar-refractivity contribution in [3.63, 3.8) is 0 Å². The van der Waals surface area contributed by atoms with E-state index in [-0.39, 0.29) is 12.2 Å². The molecule has 0 unspecified atom stereocenters. The number of nitrogens with zero attached hydrogens (tertiary/aromatic N) is 2. The largest absolute Gasteiger partial charge is 0.379 e. The summed E-state index contributed by atoms with van der Waals surface area (Å²) in [7, 11) is 0. The molecule has 0 aliphatic carbocycles. The molecule has 146 valence electrons. The molecule has 0 bridgehead atoms. The minimum Gasteiger partial charge on any atom is -0.379 e. The Bertz CT molecular complexity index is 890. The third kappa shape index (κ3) is 3.35.